The third-order valence-electron chi connectivity index (χ3n) is 4.23. The van der Waals surface area contributed by atoms with Crippen LogP contribution in [-0.2, 0) is 0 Å². The number of aromatic nitrogens is 5. The Morgan fingerprint density at radius 3 is 3.17 bits per heavy atom. The van der Waals surface area contributed by atoms with Gasteiger partial charge in [-0.2, -0.15) is 10.2 Å². The number of fused-ring (bicyclic) bond motifs is 1. The molecule has 1 aliphatic heterocycles. The largest absolute Gasteiger partial charge is 0.353 e. The number of hydrogen-bond donors (Lipinski definition) is 2. The van der Waals surface area contributed by atoms with Gasteiger partial charge in [-0.25, -0.2) is 9.50 Å². The van der Waals surface area contributed by atoms with E-state index in [0.29, 0.717) is 22.9 Å². The van der Waals surface area contributed by atoms with Gasteiger partial charge in [-0.3, -0.25) is 9.89 Å². The lowest BCUT2D eigenvalue weighted by atomic mass is 10.2. The molecule has 0 aliphatic carbocycles. The smallest absolute Gasteiger partial charge is 0.261 e. The van der Waals surface area contributed by atoms with Crippen LogP contribution in [0.3, 0.4) is 0 Å². The van der Waals surface area contributed by atoms with Gasteiger partial charge in [0.1, 0.15) is 17.1 Å². The van der Waals surface area contributed by atoms with Crippen LogP contribution >= 0.6 is 0 Å². The number of hydrogen-bond acceptors (Lipinski definition) is 5. The SMILES string of the molecule is CC1CCCN1c1[nH]ncc1NC(=O)c1cnn2cccnc12. The fourth-order valence-electron chi connectivity index (χ4n) is 3.03. The van der Waals surface area contributed by atoms with Gasteiger partial charge in [0.25, 0.3) is 5.91 Å². The number of nitrogens with one attached hydrogen (secondary N) is 2. The van der Waals surface area contributed by atoms with E-state index in [2.05, 4.69) is 37.4 Å². The monoisotopic (exact) mass is 311 g/mol. The van der Waals surface area contributed by atoms with Crippen molar-refractivity contribution in [2.45, 2.75) is 25.8 Å². The fraction of sp³-hybridized carbons (Fsp3) is 0.333. The van der Waals surface area contributed by atoms with Gasteiger partial charge in [0.2, 0.25) is 0 Å². The second-order valence-corrected chi connectivity index (χ2v) is 5.72. The highest BCUT2D eigenvalue weighted by Gasteiger charge is 2.25. The van der Waals surface area contributed by atoms with Crippen LogP contribution in [0.25, 0.3) is 5.65 Å². The summed E-state index contributed by atoms with van der Waals surface area (Å²) in [5.41, 5.74) is 1.65. The molecule has 4 rings (SSSR count). The van der Waals surface area contributed by atoms with Crippen molar-refractivity contribution in [2.75, 3.05) is 16.8 Å². The molecule has 8 heteroatoms. The average Bonchev–Trinajstić information content (AvgIpc) is 3.26. The number of aromatic amines is 1. The Labute approximate surface area is 132 Å². The molecule has 0 spiro atoms. The normalized spacial score (nSPS) is 17.8. The fourth-order valence-corrected chi connectivity index (χ4v) is 3.03. The van der Waals surface area contributed by atoms with Crippen LogP contribution in [0.15, 0.2) is 30.9 Å². The van der Waals surface area contributed by atoms with E-state index in [-0.39, 0.29) is 5.91 Å². The average molecular weight is 311 g/mol. The Morgan fingerprint density at radius 2 is 2.35 bits per heavy atom. The molecule has 1 atom stereocenters. The molecule has 1 amide bonds. The van der Waals surface area contributed by atoms with Gasteiger partial charge in [-0.05, 0) is 25.8 Å². The lowest BCUT2D eigenvalue weighted by Gasteiger charge is -2.22. The maximum absolute atomic E-state index is 12.6. The van der Waals surface area contributed by atoms with Crippen molar-refractivity contribution < 1.29 is 4.79 Å². The maximum Gasteiger partial charge on any atom is 0.261 e. The van der Waals surface area contributed by atoms with Crippen LogP contribution in [-0.4, -0.2) is 43.3 Å². The molecular weight excluding hydrogens is 294 g/mol. The van der Waals surface area contributed by atoms with Gasteiger partial charge < -0.3 is 10.2 Å². The van der Waals surface area contributed by atoms with Gasteiger partial charge in [0.05, 0.1) is 12.4 Å². The third-order valence-corrected chi connectivity index (χ3v) is 4.23. The molecule has 23 heavy (non-hydrogen) atoms. The van der Waals surface area contributed by atoms with E-state index in [4.69, 9.17) is 0 Å². The molecule has 1 aliphatic rings. The summed E-state index contributed by atoms with van der Waals surface area (Å²) in [7, 11) is 0. The second-order valence-electron chi connectivity index (χ2n) is 5.72. The Bertz CT molecular complexity index is 852. The number of amides is 1. The predicted molar refractivity (Wildman–Crippen MR) is 85.6 cm³/mol. The zero-order chi connectivity index (χ0) is 15.8. The number of nitrogens with zero attached hydrogens (tertiary/aromatic N) is 5. The zero-order valence-corrected chi connectivity index (χ0v) is 12.7. The van der Waals surface area contributed by atoms with Gasteiger partial charge in [-0.1, -0.05) is 0 Å². The van der Waals surface area contributed by atoms with Crippen molar-refractivity contribution in [3.63, 3.8) is 0 Å². The Kier molecular flexibility index (Phi) is 3.22. The minimum Gasteiger partial charge on any atom is -0.353 e. The summed E-state index contributed by atoms with van der Waals surface area (Å²) in [5, 5.41) is 14.1. The number of carbonyl (C=O) groups is 1. The Balaban J connectivity index is 1.61. The summed E-state index contributed by atoms with van der Waals surface area (Å²) in [6.45, 7) is 3.14. The summed E-state index contributed by atoms with van der Waals surface area (Å²) in [6, 6.07) is 2.20. The van der Waals surface area contributed by atoms with Crippen LogP contribution in [0.5, 0.6) is 0 Å². The highest BCUT2D eigenvalue weighted by molar-refractivity contribution is 6.09. The highest BCUT2D eigenvalue weighted by atomic mass is 16.1. The molecule has 3 aromatic rings. The first-order valence-corrected chi connectivity index (χ1v) is 7.64. The van der Waals surface area contributed by atoms with Crippen molar-refractivity contribution in [3.05, 3.63) is 36.4 Å². The van der Waals surface area contributed by atoms with Crippen LogP contribution in [0.1, 0.15) is 30.1 Å². The topological polar surface area (TPSA) is 91.2 Å². The molecule has 4 heterocycles. The lowest BCUT2D eigenvalue weighted by Crippen LogP contribution is -2.28. The summed E-state index contributed by atoms with van der Waals surface area (Å²) < 4.78 is 1.58. The molecule has 1 saturated heterocycles. The number of H-pyrrole nitrogens is 1. The third kappa shape index (κ3) is 2.32. The summed E-state index contributed by atoms with van der Waals surface area (Å²) in [4.78, 5) is 19.0. The van der Waals surface area contributed by atoms with Crippen LogP contribution < -0.4 is 10.2 Å². The minimum absolute atomic E-state index is 0.242. The molecule has 0 bridgehead atoms. The summed E-state index contributed by atoms with van der Waals surface area (Å²) in [5.74, 6) is 0.612. The first-order valence-electron chi connectivity index (χ1n) is 7.64. The van der Waals surface area contributed by atoms with Crippen molar-refractivity contribution in [1.29, 1.82) is 0 Å². The molecular formula is C15H17N7O. The van der Waals surface area contributed by atoms with E-state index in [1.807, 2.05) is 0 Å². The molecule has 0 saturated carbocycles. The maximum atomic E-state index is 12.6. The van der Waals surface area contributed by atoms with Crippen molar-refractivity contribution >= 4 is 23.1 Å². The van der Waals surface area contributed by atoms with E-state index in [1.54, 1.807) is 29.2 Å². The second kappa shape index (κ2) is 5.38. The first-order chi connectivity index (χ1) is 11.2. The number of rotatable bonds is 3. The van der Waals surface area contributed by atoms with E-state index in [9.17, 15) is 4.79 Å². The molecule has 118 valence electrons. The van der Waals surface area contributed by atoms with Gasteiger partial charge >= 0.3 is 0 Å². The van der Waals surface area contributed by atoms with E-state index >= 15 is 0 Å². The van der Waals surface area contributed by atoms with Crippen molar-refractivity contribution in [1.82, 2.24) is 24.8 Å². The molecule has 2 N–H and O–H groups in total. The molecule has 0 radical (unpaired) electrons. The zero-order valence-electron chi connectivity index (χ0n) is 12.7. The summed E-state index contributed by atoms with van der Waals surface area (Å²) in [6.07, 6.45) is 8.85. The predicted octanol–water partition coefficient (Wildman–Crippen LogP) is 1.69. The minimum atomic E-state index is -0.242. The van der Waals surface area contributed by atoms with Crippen LogP contribution in [0.2, 0.25) is 0 Å². The molecule has 1 fully saturated rings. The van der Waals surface area contributed by atoms with Crippen LogP contribution in [0.4, 0.5) is 11.5 Å². The van der Waals surface area contributed by atoms with Crippen molar-refractivity contribution in [2.24, 2.45) is 0 Å². The molecule has 3 aromatic heterocycles. The summed E-state index contributed by atoms with van der Waals surface area (Å²) >= 11 is 0. The Morgan fingerprint density at radius 1 is 1.43 bits per heavy atom. The highest BCUT2D eigenvalue weighted by Crippen LogP contribution is 2.30. The van der Waals surface area contributed by atoms with Crippen LogP contribution in [0, 0.1) is 0 Å². The van der Waals surface area contributed by atoms with Crippen molar-refractivity contribution in [3.8, 4) is 0 Å². The van der Waals surface area contributed by atoms with E-state index < -0.39 is 0 Å². The van der Waals surface area contributed by atoms with Gasteiger partial charge in [0.15, 0.2) is 5.65 Å². The quantitative estimate of drug-likeness (QED) is 0.768. The Hall–Kier alpha value is -2.90. The van der Waals surface area contributed by atoms with Gasteiger partial charge in [0, 0.05) is 25.0 Å². The van der Waals surface area contributed by atoms with Gasteiger partial charge in [-0.15, -0.1) is 0 Å². The number of carbonyl (C=O) groups excluding carboxylic acids is 1. The van der Waals surface area contributed by atoms with E-state index in [1.165, 1.54) is 6.20 Å². The first kappa shape index (κ1) is 13.7. The molecule has 1 unspecified atom stereocenters. The molecule has 0 aromatic carbocycles. The molecule has 8 nitrogen and oxygen atoms in total. The standard InChI is InChI=1S/C15H17N7O/c1-10-4-2-6-21(10)14-12(9-17-20-14)19-15(23)11-8-18-22-7-3-5-16-13(11)22/h3,5,7-10H,2,4,6H2,1H3,(H,17,20)(H,19,23). The number of anilines is 2. The van der Waals surface area contributed by atoms with E-state index in [0.717, 1.165) is 25.2 Å². The lowest BCUT2D eigenvalue weighted by molar-refractivity contribution is 0.102.